The van der Waals surface area contributed by atoms with Crippen LogP contribution in [0.15, 0.2) is 41.3 Å². The molecule has 1 aromatic heterocycles. The van der Waals surface area contributed by atoms with E-state index in [4.69, 9.17) is 0 Å². The first kappa shape index (κ1) is 18.2. The van der Waals surface area contributed by atoms with Gasteiger partial charge in [-0.3, -0.25) is 0 Å². The van der Waals surface area contributed by atoms with Gasteiger partial charge in [0.05, 0.1) is 4.90 Å². The van der Waals surface area contributed by atoms with Gasteiger partial charge in [0.15, 0.2) is 9.84 Å². The summed E-state index contributed by atoms with van der Waals surface area (Å²) in [6, 6.07) is 8.79. The van der Waals surface area contributed by atoms with Gasteiger partial charge in [0.25, 0.3) is 0 Å². The standard InChI is InChI=1S/C21H21F2NO2S/c1-13-3-7-20-17(18-10-15(22)5-8-21(18)24(20)12-13)9-14-4-6-16(11-19(14)23)27(2,25)26/h4-6,8,10-11,13H,3,7,9,12H2,1-2H3. The Morgan fingerprint density at radius 2 is 1.93 bits per heavy atom. The summed E-state index contributed by atoms with van der Waals surface area (Å²) in [6.07, 6.45) is 3.28. The number of halogens is 2. The number of sulfone groups is 1. The molecule has 1 unspecified atom stereocenters. The highest BCUT2D eigenvalue weighted by atomic mass is 32.2. The summed E-state index contributed by atoms with van der Waals surface area (Å²) >= 11 is 0. The molecule has 142 valence electrons. The highest BCUT2D eigenvalue weighted by Crippen LogP contribution is 2.34. The lowest BCUT2D eigenvalue weighted by Gasteiger charge is -2.23. The number of hydrogen-bond donors (Lipinski definition) is 0. The van der Waals surface area contributed by atoms with Gasteiger partial charge in [-0.2, -0.15) is 0 Å². The number of benzene rings is 2. The van der Waals surface area contributed by atoms with Crippen molar-refractivity contribution in [1.29, 1.82) is 0 Å². The van der Waals surface area contributed by atoms with Gasteiger partial charge in [-0.05, 0) is 60.2 Å². The summed E-state index contributed by atoms with van der Waals surface area (Å²) in [5.41, 5.74) is 3.45. The Labute approximate surface area is 157 Å². The Balaban J connectivity index is 1.84. The molecule has 0 amide bonds. The molecular weight excluding hydrogens is 368 g/mol. The predicted octanol–water partition coefficient (Wildman–Crippen LogP) is 4.50. The second-order valence-corrected chi connectivity index (χ2v) is 9.56. The molecule has 0 radical (unpaired) electrons. The van der Waals surface area contributed by atoms with Crippen molar-refractivity contribution in [3.05, 3.63) is 64.9 Å². The van der Waals surface area contributed by atoms with Crippen LogP contribution >= 0.6 is 0 Å². The van der Waals surface area contributed by atoms with Gasteiger partial charge in [0.2, 0.25) is 0 Å². The molecule has 1 aliphatic rings. The molecule has 0 saturated heterocycles. The molecule has 2 heterocycles. The monoisotopic (exact) mass is 389 g/mol. The summed E-state index contributed by atoms with van der Waals surface area (Å²) in [5.74, 6) is -0.323. The minimum atomic E-state index is -3.46. The highest BCUT2D eigenvalue weighted by Gasteiger charge is 2.24. The zero-order valence-corrected chi connectivity index (χ0v) is 16.1. The fourth-order valence-electron chi connectivity index (χ4n) is 4.02. The average molecular weight is 389 g/mol. The maximum Gasteiger partial charge on any atom is 0.175 e. The van der Waals surface area contributed by atoms with Gasteiger partial charge < -0.3 is 4.57 Å². The molecule has 0 aliphatic carbocycles. The lowest BCUT2D eigenvalue weighted by atomic mass is 9.95. The Morgan fingerprint density at radius 1 is 1.15 bits per heavy atom. The molecule has 0 bridgehead atoms. The van der Waals surface area contributed by atoms with E-state index in [1.165, 1.54) is 24.3 Å². The topological polar surface area (TPSA) is 39.1 Å². The van der Waals surface area contributed by atoms with Crippen LogP contribution in [-0.4, -0.2) is 19.2 Å². The third kappa shape index (κ3) is 3.27. The molecule has 2 aromatic carbocycles. The smallest absolute Gasteiger partial charge is 0.175 e. The highest BCUT2D eigenvalue weighted by molar-refractivity contribution is 7.90. The molecule has 4 rings (SSSR count). The molecule has 1 atom stereocenters. The molecule has 1 aliphatic heterocycles. The van der Waals surface area contributed by atoms with Crippen LogP contribution in [-0.2, 0) is 29.2 Å². The zero-order valence-electron chi connectivity index (χ0n) is 15.3. The Hall–Kier alpha value is -2.21. The fraction of sp³-hybridized carbons (Fsp3) is 0.333. The van der Waals surface area contributed by atoms with Crippen molar-refractivity contribution in [1.82, 2.24) is 4.57 Å². The van der Waals surface area contributed by atoms with Crippen LogP contribution < -0.4 is 0 Å². The fourth-order valence-corrected chi connectivity index (χ4v) is 4.65. The number of rotatable bonds is 3. The maximum absolute atomic E-state index is 14.6. The van der Waals surface area contributed by atoms with Crippen molar-refractivity contribution in [2.24, 2.45) is 5.92 Å². The molecule has 27 heavy (non-hydrogen) atoms. The van der Waals surface area contributed by atoms with Crippen LogP contribution in [0.5, 0.6) is 0 Å². The molecule has 0 fully saturated rings. The number of hydrogen-bond acceptors (Lipinski definition) is 2. The first-order chi connectivity index (χ1) is 12.7. The molecule has 3 nitrogen and oxygen atoms in total. The van der Waals surface area contributed by atoms with Gasteiger partial charge in [-0.1, -0.05) is 13.0 Å². The molecule has 3 aromatic rings. The molecule has 0 N–H and O–H groups in total. The minimum absolute atomic E-state index is 0.0348. The van der Waals surface area contributed by atoms with Crippen LogP contribution in [0.1, 0.15) is 30.2 Å². The summed E-state index contributed by atoms with van der Waals surface area (Å²) in [6.45, 7) is 3.06. The Bertz CT molecular complexity index is 1150. The first-order valence-electron chi connectivity index (χ1n) is 9.02. The van der Waals surface area contributed by atoms with Crippen molar-refractivity contribution in [2.75, 3.05) is 6.26 Å². The lowest BCUT2D eigenvalue weighted by Crippen LogP contribution is -2.18. The largest absolute Gasteiger partial charge is 0.344 e. The number of nitrogens with zero attached hydrogens (tertiary/aromatic N) is 1. The Kier molecular flexibility index (Phi) is 4.34. The van der Waals surface area contributed by atoms with Crippen molar-refractivity contribution in [3.63, 3.8) is 0 Å². The SMILES string of the molecule is CC1CCc2c(Cc3ccc(S(C)(=O)=O)cc3F)c3cc(F)ccc3n2C1. The molecular formula is C21H21F2NO2S. The van der Waals surface area contributed by atoms with Crippen LogP contribution in [0.3, 0.4) is 0 Å². The summed E-state index contributed by atoms with van der Waals surface area (Å²) in [4.78, 5) is -0.0348. The van der Waals surface area contributed by atoms with Gasteiger partial charge in [-0.25, -0.2) is 17.2 Å². The van der Waals surface area contributed by atoms with E-state index < -0.39 is 15.7 Å². The number of fused-ring (bicyclic) bond motifs is 3. The zero-order chi connectivity index (χ0) is 19.3. The van der Waals surface area contributed by atoms with Crippen molar-refractivity contribution in [2.45, 2.75) is 37.6 Å². The van der Waals surface area contributed by atoms with Crippen LogP contribution in [0.4, 0.5) is 8.78 Å². The van der Waals surface area contributed by atoms with E-state index in [2.05, 4.69) is 11.5 Å². The lowest BCUT2D eigenvalue weighted by molar-refractivity contribution is 0.405. The van der Waals surface area contributed by atoms with Gasteiger partial charge in [0.1, 0.15) is 11.6 Å². The van der Waals surface area contributed by atoms with Crippen molar-refractivity contribution in [3.8, 4) is 0 Å². The third-order valence-corrected chi connectivity index (χ3v) is 6.55. The quantitative estimate of drug-likeness (QED) is 0.662. The van der Waals surface area contributed by atoms with E-state index in [0.717, 1.165) is 53.9 Å². The van der Waals surface area contributed by atoms with Crippen molar-refractivity contribution >= 4 is 20.7 Å². The van der Waals surface area contributed by atoms with E-state index in [1.807, 2.05) is 0 Å². The maximum atomic E-state index is 14.6. The van der Waals surface area contributed by atoms with Gasteiger partial charge in [0, 0.05) is 35.8 Å². The summed E-state index contributed by atoms with van der Waals surface area (Å²) in [5, 5.41) is 0.811. The third-order valence-electron chi connectivity index (χ3n) is 5.44. The van der Waals surface area contributed by atoms with Gasteiger partial charge >= 0.3 is 0 Å². The van der Waals surface area contributed by atoms with E-state index >= 15 is 0 Å². The second-order valence-electron chi connectivity index (χ2n) is 7.54. The molecule has 0 saturated carbocycles. The van der Waals surface area contributed by atoms with Crippen molar-refractivity contribution < 1.29 is 17.2 Å². The summed E-state index contributed by atoms with van der Waals surface area (Å²) in [7, 11) is -3.46. The van der Waals surface area contributed by atoms with E-state index in [9.17, 15) is 17.2 Å². The van der Waals surface area contributed by atoms with E-state index in [-0.39, 0.29) is 10.7 Å². The molecule has 6 heteroatoms. The summed E-state index contributed by atoms with van der Waals surface area (Å²) < 4.78 is 54.0. The molecule has 0 spiro atoms. The minimum Gasteiger partial charge on any atom is -0.344 e. The van der Waals surface area contributed by atoms with Crippen LogP contribution in [0.25, 0.3) is 10.9 Å². The predicted molar refractivity (Wildman–Crippen MR) is 102 cm³/mol. The normalized spacial score (nSPS) is 17.3. The number of aromatic nitrogens is 1. The second kappa shape index (κ2) is 6.44. The average Bonchev–Trinajstić information content (AvgIpc) is 2.88. The van der Waals surface area contributed by atoms with Crippen LogP contribution in [0.2, 0.25) is 0 Å². The van der Waals surface area contributed by atoms with Crippen LogP contribution in [0, 0.1) is 17.6 Å². The van der Waals surface area contributed by atoms with Gasteiger partial charge in [-0.15, -0.1) is 0 Å². The van der Waals surface area contributed by atoms with E-state index in [0.29, 0.717) is 17.9 Å². The van der Waals surface area contributed by atoms with E-state index in [1.54, 1.807) is 6.07 Å². The first-order valence-corrected chi connectivity index (χ1v) is 10.9. The Morgan fingerprint density at radius 3 is 2.63 bits per heavy atom.